The maximum absolute atomic E-state index is 2.31. The van der Waals surface area contributed by atoms with Gasteiger partial charge >= 0.3 is 0 Å². The number of hydrogen-bond acceptors (Lipinski definition) is 1. The predicted octanol–water partition coefficient (Wildman–Crippen LogP) is 12.5. The van der Waals surface area contributed by atoms with Crippen molar-refractivity contribution in [1.29, 1.82) is 0 Å². The molecule has 8 rings (SSSR count). The van der Waals surface area contributed by atoms with E-state index in [1.807, 2.05) is 0 Å². The SMILES string of the molecule is c1ccc(-c2ccc(N(c3ccccc3)c3ccc(-c4ccc5cc(-c6cccc7ccccc67)ccc5c4)cc3)cc2)cc1. The van der Waals surface area contributed by atoms with Gasteiger partial charge in [0.05, 0.1) is 0 Å². The normalized spacial score (nSPS) is 11.1. The Morgan fingerprint density at radius 1 is 0.267 bits per heavy atom. The summed E-state index contributed by atoms with van der Waals surface area (Å²) in [6, 6.07) is 67.6. The fraction of sp³-hybridized carbons (Fsp3) is 0. The molecular weight excluding hydrogens is 542 g/mol. The van der Waals surface area contributed by atoms with Crippen LogP contribution < -0.4 is 4.90 Å². The second-order valence-corrected chi connectivity index (χ2v) is 11.4. The van der Waals surface area contributed by atoms with Crippen LogP contribution in [0.4, 0.5) is 17.1 Å². The Morgan fingerprint density at radius 2 is 0.733 bits per heavy atom. The van der Waals surface area contributed by atoms with Crippen LogP contribution in [0.2, 0.25) is 0 Å². The van der Waals surface area contributed by atoms with Crippen molar-refractivity contribution >= 4 is 38.6 Å². The first-order chi connectivity index (χ1) is 22.3. The first kappa shape index (κ1) is 26.7. The minimum atomic E-state index is 1.12. The number of nitrogens with zero attached hydrogens (tertiary/aromatic N) is 1. The quantitative estimate of drug-likeness (QED) is 0.191. The molecule has 8 aromatic carbocycles. The maximum atomic E-state index is 2.31. The Bertz CT molecular complexity index is 2230. The monoisotopic (exact) mass is 573 g/mol. The van der Waals surface area contributed by atoms with Crippen LogP contribution in [0.1, 0.15) is 0 Å². The largest absolute Gasteiger partial charge is 0.311 e. The molecule has 0 saturated carbocycles. The van der Waals surface area contributed by atoms with Crippen LogP contribution in [0.15, 0.2) is 188 Å². The van der Waals surface area contributed by atoms with Crippen molar-refractivity contribution in [2.24, 2.45) is 0 Å². The molecule has 0 atom stereocenters. The Labute approximate surface area is 264 Å². The third kappa shape index (κ3) is 5.26. The second-order valence-electron chi connectivity index (χ2n) is 11.4. The number of rotatable bonds is 6. The Hall–Kier alpha value is -5.92. The van der Waals surface area contributed by atoms with Crippen molar-refractivity contribution < 1.29 is 0 Å². The summed E-state index contributed by atoms with van der Waals surface area (Å²) in [5.74, 6) is 0. The molecule has 45 heavy (non-hydrogen) atoms. The molecule has 0 fully saturated rings. The summed E-state index contributed by atoms with van der Waals surface area (Å²) in [5.41, 5.74) is 10.7. The average molecular weight is 574 g/mol. The van der Waals surface area contributed by atoms with E-state index in [9.17, 15) is 0 Å². The average Bonchev–Trinajstić information content (AvgIpc) is 3.12. The van der Waals surface area contributed by atoms with Crippen LogP contribution in [0, 0.1) is 0 Å². The molecule has 0 spiro atoms. The molecule has 0 aliphatic carbocycles. The molecule has 0 amide bonds. The number of benzene rings is 8. The van der Waals surface area contributed by atoms with Crippen LogP contribution in [0.25, 0.3) is 54.9 Å². The van der Waals surface area contributed by atoms with Gasteiger partial charge in [-0.1, -0.05) is 140 Å². The molecule has 0 saturated heterocycles. The van der Waals surface area contributed by atoms with Gasteiger partial charge in [0, 0.05) is 17.1 Å². The third-order valence-corrected chi connectivity index (χ3v) is 8.65. The number of para-hydroxylation sites is 1. The minimum absolute atomic E-state index is 1.12. The van der Waals surface area contributed by atoms with Gasteiger partial charge in [0.2, 0.25) is 0 Å². The van der Waals surface area contributed by atoms with Crippen molar-refractivity contribution in [3.8, 4) is 33.4 Å². The number of anilines is 3. The van der Waals surface area contributed by atoms with Crippen LogP contribution in [-0.4, -0.2) is 0 Å². The molecule has 8 aromatic rings. The van der Waals surface area contributed by atoms with Crippen molar-refractivity contribution in [1.82, 2.24) is 0 Å². The lowest BCUT2D eigenvalue weighted by atomic mass is 9.95. The molecule has 212 valence electrons. The van der Waals surface area contributed by atoms with Gasteiger partial charge in [0.1, 0.15) is 0 Å². The molecule has 0 unspecified atom stereocenters. The van der Waals surface area contributed by atoms with Crippen molar-refractivity contribution in [3.05, 3.63) is 188 Å². The number of hydrogen-bond donors (Lipinski definition) is 0. The molecule has 0 aromatic heterocycles. The second kappa shape index (κ2) is 11.6. The van der Waals surface area contributed by atoms with Crippen molar-refractivity contribution in [2.45, 2.75) is 0 Å². The van der Waals surface area contributed by atoms with Gasteiger partial charge in [-0.25, -0.2) is 0 Å². The third-order valence-electron chi connectivity index (χ3n) is 8.65. The van der Waals surface area contributed by atoms with E-state index in [0.717, 1.165) is 17.1 Å². The molecule has 0 radical (unpaired) electrons. The van der Waals surface area contributed by atoms with Crippen LogP contribution >= 0.6 is 0 Å². The Morgan fingerprint density at radius 3 is 1.42 bits per heavy atom. The molecule has 0 bridgehead atoms. The molecule has 1 heteroatoms. The van der Waals surface area contributed by atoms with Crippen LogP contribution in [0.3, 0.4) is 0 Å². The Kier molecular flexibility index (Phi) is 6.90. The maximum Gasteiger partial charge on any atom is 0.0462 e. The Balaban J connectivity index is 1.11. The van der Waals surface area contributed by atoms with Gasteiger partial charge in [0.15, 0.2) is 0 Å². The van der Waals surface area contributed by atoms with Crippen molar-refractivity contribution in [3.63, 3.8) is 0 Å². The van der Waals surface area contributed by atoms with E-state index in [1.165, 1.54) is 54.9 Å². The summed E-state index contributed by atoms with van der Waals surface area (Å²) in [7, 11) is 0. The first-order valence-corrected chi connectivity index (χ1v) is 15.4. The lowest BCUT2D eigenvalue weighted by molar-refractivity contribution is 1.28. The van der Waals surface area contributed by atoms with Gasteiger partial charge in [-0.3, -0.25) is 0 Å². The van der Waals surface area contributed by atoms with Gasteiger partial charge in [0.25, 0.3) is 0 Å². The van der Waals surface area contributed by atoms with Gasteiger partial charge in [-0.05, 0) is 103 Å². The summed E-state index contributed by atoms with van der Waals surface area (Å²) in [6.07, 6.45) is 0. The zero-order valence-corrected chi connectivity index (χ0v) is 24.8. The zero-order chi connectivity index (χ0) is 30.0. The van der Waals surface area contributed by atoms with Crippen molar-refractivity contribution in [2.75, 3.05) is 4.90 Å². The van der Waals surface area contributed by atoms with Crippen LogP contribution in [-0.2, 0) is 0 Å². The van der Waals surface area contributed by atoms with Gasteiger partial charge < -0.3 is 4.90 Å². The summed E-state index contributed by atoms with van der Waals surface area (Å²) >= 11 is 0. The minimum Gasteiger partial charge on any atom is -0.311 e. The molecule has 1 nitrogen and oxygen atoms in total. The van der Waals surface area contributed by atoms with E-state index in [4.69, 9.17) is 0 Å². The number of fused-ring (bicyclic) bond motifs is 2. The predicted molar refractivity (Wildman–Crippen MR) is 192 cm³/mol. The van der Waals surface area contributed by atoms with Gasteiger partial charge in [-0.15, -0.1) is 0 Å². The molecular formula is C44H31N. The summed E-state index contributed by atoms with van der Waals surface area (Å²) in [5, 5.41) is 5.04. The summed E-state index contributed by atoms with van der Waals surface area (Å²) in [4.78, 5) is 2.31. The van der Waals surface area contributed by atoms with E-state index in [1.54, 1.807) is 0 Å². The van der Waals surface area contributed by atoms with Crippen LogP contribution in [0.5, 0.6) is 0 Å². The standard InChI is InChI=1S/C44H31N/c1-3-10-32(11-4-1)33-22-26-41(27-23-33)45(40-14-5-2-6-15-40)42-28-24-34(25-29-42)36-18-19-38-31-39(21-20-37(38)30-36)44-17-9-13-35-12-7-8-16-43(35)44/h1-31H. The highest BCUT2D eigenvalue weighted by Crippen LogP contribution is 2.37. The highest BCUT2D eigenvalue weighted by Gasteiger charge is 2.13. The fourth-order valence-electron chi connectivity index (χ4n) is 6.33. The molecule has 0 heterocycles. The lowest BCUT2D eigenvalue weighted by Gasteiger charge is -2.26. The van der Waals surface area contributed by atoms with Gasteiger partial charge in [-0.2, -0.15) is 0 Å². The highest BCUT2D eigenvalue weighted by molar-refractivity contribution is 5.99. The summed E-state index contributed by atoms with van der Waals surface area (Å²) < 4.78 is 0. The fourth-order valence-corrected chi connectivity index (χ4v) is 6.33. The lowest BCUT2D eigenvalue weighted by Crippen LogP contribution is -2.09. The highest BCUT2D eigenvalue weighted by atomic mass is 15.1. The first-order valence-electron chi connectivity index (χ1n) is 15.4. The van der Waals surface area contributed by atoms with E-state index in [2.05, 4.69) is 193 Å². The smallest absolute Gasteiger partial charge is 0.0462 e. The molecule has 0 aliphatic rings. The topological polar surface area (TPSA) is 3.24 Å². The molecule has 0 aliphatic heterocycles. The van der Waals surface area contributed by atoms with E-state index in [-0.39, 0.29) is 0 Å². The van der Waals surface area contributed by atoms with E-state index < -0.39 is 0 Å². The zero-order valence-electron chi connectivity index (χ0n) is 24.8. The van der Waals surface area contributed by atoms with E-state index in [0.29, 0.717) is 0 Å². The molecule has 0 N–H and O–H groups in total. The van der Waals surface area contributed by atoms with E-state index >= 15 is 0 Å². The summed E-state index contributed by atoms with van der Waals surface area (Å²) in [6.45, 7) is 0.